The summed E-state index contributed by atoms with van der Waals surface area (Å²) in [5, 5.41) is 4.03. The minimum Gasteiger partial charge on any atom is -0.366 e. The Hall–Kier alpha value is -1.95. The third-order valence-electron chi connectivity index (χ3n) is 2.46. The Morgan fingerprint density at radius 1 is 1.39 bits per heavy atom. The van der Waals surface area contributed by atoms with Crippen LogP contribution in [0.5, 0.6) is 0 Å². The number of nitrogens with two attached hydrogens (primary N) is 1. The van der Waals surface area contributed by atoms with Gasteiger partial charge in [-0.05, 0) is 41.1 Å². The van der Waals surface area contributed by atoms with Gasteiger partial charge in [-0.15, -0.1) is 0 Å². The molecule has 2 rings (SSSR count). The summed E-state index contributed by atoms with van der Waals surface area (Å²) in [4.78, 5) is 22.3. The number of carbonyl (C=O) groups is 2. The van der Waals surface area contributed by atoms with Crippen molar-refractivity contribution in [3.05, 3.63) is 46.2 Å². The number of hydrogen-bond acceptors (Lipinski definition) is 3. The number of rotatable bonds is 3. The van der Waals surface area contributed by atoms with Crippen molar-refractivity contribution < 1.29 is 9.59 Å². The molecule has 1 aromatic heterocycles. The first kappa shape index (κ1) is 12.5. The van der Waals surface area contributed by atoms with E-state index in [0.29, 0.717) is 15.6 Å². The van der Waals surface area contributed by atoms with Crippen LogP contribution in [0.25, 0.3) is 5.69 Å². The standard InChI is InChI=1S/C12H10BrN3O2/c1-7(17)10-3-2-9(4-11(10)13)16-6-8(5-15-16)12(14)18/h2-6H,1H3,(H2,14,18). The van der Waals surface area contributed by atoms with Gasteiger partial charge >= 0.3 is 0 Å². The van der Waals surface area contributed by atoms with Gasteiger partial charge in [-0.1, -0.05) is 0 Å². The third-order valence-corrected chi connectivity index (χ3v) is 3.12. The van der Waals surface area contributed by atoms with Crippen molar-refractivity contribution >= 4 is 27.6 Å². The molecule has 0 radical (unpaired) electrons. The molecule has 92 valence electrons. The van der Waals surface area contributed by atoms with Crippen LogP contribution in [0, 0.1) is 0 Å². The molecule has 0 spiro atoms. The maximum absolute atomic E-state index is 11.3. The van der Waals surface area contributed by atoms with E-state index in [0.717, 1.165) is 5.69 Å². The molecule has 1 aromatic carbocycles. The first-order chi connectivity index (χ1) is 8.49. The topological polar surface area (TPSA) is 78.0 Å². The van der Waals surface area contributed by atoms with Gasteiger partial charge in [0.2, 0.25) is 0 Å². The summed E-state index contributed by atoms with van der Waals surface area (Å²) in [7, 11) is 0. The molecule has 2 aromatic rings. The Kier molecular flexibility index (Phi) is 3.29. The Bertz CT molecular complexity index is 634. The number of benzene rings is 1. The maximum atomic E-state index is 11.3. The Morgan fingerprint density at radius 2 is 2.11 bits per heavy atom. The predicted octanol–water partition coefficient (Wildman–Crippen LogP) is 1.94. The molecule has 0 saturated carbocycles. The fourth-order valence-corrected chi connectivity index (χ4v) is 2.17. The van der Waals surface area contributed by atoms with Gasteiger partial charge in [0.25, 0.3) is 5.91 Å². The van der Waals surface area contributed by atoms with E-state index in [-0.39, 0.29) is 5.78 Å². The molecule has 5 nitrogen and oxygen atoms in total. The third kappa shape index (κ3) is 2.33. The minimum absolute atomic E-state index is 0.0216. The lowest BCUT2D eigenvalue weighted by Crippen LogP contribution is -2.09. The van der Waals surface area contributed by atoms with Gasteiger partial charge < -0.3 is 5.73 Å². The van der Waals surface area contributed by atoms with E-state index in [1.165, 1.54) is 24.0 Å². The number of nitrogens with zero attached hydrogens (tertiary/aromatic N) is 2. The van der Waals surface area contributed by atoms with E-state index < -0.39 is 5.91 Å². The molecule has 0 atom stereocenters. The van der Waals surface area contributed by atoms with Crippen molar-refractivity contribution in [1.82, 2.24) is 9.78 Å². The van der Waals surface area contributed by atoms with Crippen molar-refractivity contribution in [3.8, 4) is 5.69 Å². The molecule has 0 aliphatic rings. The smallest absolute Gasteiger partial charge is 0.251 e. The van der Waals surface area contributed by atoms with Gasteiger partial charge in [0.1, 0.15) is 0 Å². The molecular formula is C12H10BrN3O2. The second-order valence-corrected chi connectivity index (χ2v) is 4.61. The summed E-state index contributed by atoms with van der Waals surface area (Å²) in [6.45, 7) is 1.50. The molecule has 0 aliphatic carbocycles. The fraction of sp³-hybridized carbons (Fsp3) is 0.0833. The van der Waals surface area contributed by atoms with Crippen LogP contribution in [0.4, 0.5) is 0 Å². The summed E-state index contributed by atoms with van der Waals surface area (Å²) in [5.74, 6) is -0.549. The highest BCUT2D eigenvalue weighted by atomic mass is 79.9. The molecule has 2 N–H and O–H groups in total. The van der Waals surface area contributed by atoms with E-state index in [9.17, 15) is 9.59 Å². The highest BCUT2D eigenvalue weighted by Gasteiger charge is 2.09. The molecule has 0 aliphatic heterocycles. The number of primary amides is 1. The van der Waals surface area contributed by atoms with Crippen molar-refractivity contribution in [2.24, 2.45) is 5.73 Å². The summed E-state index contributed by atoms with van der Waals surface area (Å²) in [6.07, 6.45) is 2.94. The molecule has 1 heterocycles. The first-order valence-electron chi connectivity index (χ1n) is 5.14. The molecule has 1 amide bonds. The first-order valence-corrected chi connectivity index (χ1v) is 5.93. The number of carbonyl (C=O) groups excluding carboxylic acids is 2. The lowest BCUT2D eigenvalue weighted by atomic mass is 10.1. The van der Waals surface area contributed by atoms with E-state index in [2.05, 4.69) is 21.0 Å². The highest BCUT2D eigenvalue weighted by molar-refractivity contribution is 9.10. The molecule has 6 heteroatoms. The largest absolute Gasteiger partial charge is 0.366 e. The average molecular weight is 308 g/mol. The Labute approximate surface area is 112 Å². The van der Waals surface area contributed by atoms with Gasteiger partial charge in [-0.2, -0.15) is 5.10 Å². The van der Waals surface area contributed by atoms with Crippen LogP contribution in [0.1, 0.15) is 27.6 Å². The molecule has 0 unspecified atom stereocenters. The summed E-state index contributed by atoms with van der Waals surface area (Å²) in [6, 6.07) is 5.21. The summed E-state index contributed by atoms with van der Waals surface area (Å²) >= 11 is 3.33. The summed E-state index contributed by atoms with van der Waals surface area (Å²) in [5.41, 5.74) is 6.82. The molecule has 18 heavy (non-hydrogen) atoms. The number of aromatic nitrogens is 2. The second kappa shape index (κ2) is 4.73. The zero-order valence-electron chi connectivity index (χ0n) is 9.55. The zero-order chi connectivity index (χ0) is 13.3. The van der Waals surface area contributed by atoms with Gasteiger partial charge in [-0.3, -0.25) is 9.59 Å². The quantitative estimate of drug-likeness (QED) is 0.880. The SMILES string of the molecule is CC(=O)c1ccc(-n2cc(C(N)=O)cn2)cc1Br. The molecule has 0 fully saturated rings. The number of halogens is 1. The van der Waals surface area contributed by atoms with Gasteiger partial charge in [0, 0.05) is 16.2 Å². The monoisotopic (exact) mass is 307 g/mol. The Morgan fingerprint density at radius 3 is 2.61 bits per heavy atom. The number of Topliss-reactive ketones (excluding diaryl/α,β-unsaturated/α-hetero) is 1. The van der Waals surface area contributed by atoms with Crippen LogP contribution in [0.3, 0.4) is 0 Å². The molecular weight excluding hydrogens is 298 g/mol. The highest BCUT2D eigenvalue weighted by Crippen LogP contribution is 2.21. The van der Waals surface area contributed by atoms with Crippen molar-refractivity contribution in [2.45, 2.75) is 6.92 Å². The van der Waals surface area contributed by atoms with Crippen molar-refractivity contribution in [1.29, 1.82) is 0 Å². The number of ketones is 1. The lowest BCUT2D eigenvalue weighted by molar-refractivity contribution is 0.0996. The Balaban J connectivity index is 2.42. The van der Waals surface area contributed by atoms with Crippen LogP contribution >= 0.6 is 15.9 Å². The number of hydrogen-bond donors (Lipinski definition) is 1. The molecule has 0 saturated heterocycles. The van der Waals surface area contributed by atoms with Crippen LogP contribution in [0.2, 0.25) is 0 Å². The second-order valence-electron chi connectivity index (χ2n) is 3.76. The maximum Gasteiger partial charge on any atom is 0.251 e. The van der Waals surface area contributed by atoms with Crippen LogP contribution in [-0.4, -0.2) is 21.5 Å². The van der Waals surface area contributed by atoms with E-state index in [4.69, 9.17) is 5.73 Å². The van der Waals surface area contributed by atoms with Gasteiger partial charge in [-0.25, -0.2) is 4.68 Å². The van der Waals surface area contributed by atoms with Gasteiger partial charge in [0.15, 0.2) is 5.78 Å². The summed E-state index contributed by atoms with van der Waals surface area (Å²) < 4.78 is 2.21. The van der Waals surface area contributed by atoms with Crippen molar-refractivity contribution in [2.75, 3.05) is 0 Å². The average Bonchev–Trinajstić information content (AvgIpc) is 2.77. The zero-order valence-corrected chi connectivity index (χ0v) is 11.1. The molecule has 0 bridgehead atoms. The van der Waals surface area contributed by atoms with E-state index in [1.54, 1.807) is 18.2 Å². The fourth-order valence-electron chi connectivity index (χ4n) is 1.52. The predicted molar refractivity (Wildman–Crippen MR) is 69.8 cm³/mol. The van der Waals surface area contributed by atoms with Crippen molar-refractivity contribution in [3.63, 3.8) is 0 Å². The van der Waals surface area contributed by atoms with Crippen LogP contribution in [0.15, 0.2) is 35.1 Å². The normalized spacial score (nSPS) is 10.3. The lowest BCUT2D eigenvalue weighted by Gasteiger charge is -2.04. The van der Waals surface area contributed by atoms with Gasteiger partial charge in [0.05, 0.1) is 17.4 Å². The van der Waals surface area contributed by atoms with E-state index in [1.807, 2.05) is 0 Å². The van der Waals surface area contributed by atoms with E-state index >= 15 is 0 Å². The minimum atomic E-state index is -0.527. The number of amides is 1. The van der Waals surface area contributed by atoms with Crippen LogP contribution in [-0.2, 0) is 0 Å². The van der Waals surface area contributed by atoms with Crippen LogP contribution < -0.4 is 5.73 Å².